The highest BCUT2D eigenvalue weighted by Crippen LogP contribution is 2.46. The summed E-state index contributed by atoms with van der Waals surface area (Å²) in [5.74, 6) is -2.59. The Hall–Kier alpha value is -4.01. The Bertz CT molecular complexity index is 1480. The molecule has 0 spiro atoms. The van der Waals surface area contributed by atoms with Crippen LogP contribution in [0.15, 0.2) is 47.0 Å². The van der Waals surface area contributed by atoms with E-state index in [2.05, 4.69) is 10.1 Å². The lowest BCUT2D eigenvalue weighted by atomic mass is 9.73. The Kier molecular flexibility index (Phi) is 9.66. The van der Waals surface area contributed by atoms with Crippen molar-refractivity contribution in [3.8, 4) is 22.9 Å². The number of nitriles is 1. The zero-order valence-corrected chi connectivity index (χ0v) is 25.0. The van der Waals surface area contributed by atoms with Gasteiger partial charge in [0.25, 0.3) is 5.89 Å². The van der Waals surface area contributed by atoms with Crippen molar-refractivity contribution in [3.63, 3.8) is 0 Å². The van der Waals surface area contributed by atoms with E-state index < -0.39 is 41.0 Å². The Balaban J connectivity index is 1.48. The van der Waals surface area contributed by atoms with Crippen LogP contribution in [0.3, 0.4) is 0 Å². The maximum Gasteiger partial charge on any atom is 0.391 e. The van der Waals surface area contributed by atoms with E-state index in [1.807, 2.05) is 6.07 Å². The van der Waals surface area contributed by atoms with E-state index in [9.17, 15) is 27.6 Å². The lowest BCUT2D eigenvalue weighted by Gasteiger charge is -2.38. The summed E-state index contributed by atoms with van der Waals surface area (Å²) in [6.45, 7) is 6.07. The fourth-order valence-electron chi connectivity index (χ4n) is 4.92. The molecule has 1 aromatic heterocycles. The third-order valence-corrected chi connectivity index (χ3v) is 7.54. The van der Waals surface area contributed by atoms with Gasteiger partial charge in [-0.1, -0.05) is 23.7 Å². The quantitative estimate of drug-likeness (QED) is 0.150. The monoisotopic (exact) mass is 618 g/mol. The molecule has 0 atom stereocenters. The summed E-state index contributed by atoms with van der Waals surface area (Å²) in [7, 11) is 0. The number of benzene rings is 2. The molecule has 0 aliphatic heterocycles. The molecule has 1 aliphatic carbocycles. The maximum atomic E-state index is 15.0. The van der Waals surface area contributed by atoms with Crippen LogP contribution in [0.5, 0.6) is 5.75 Å². The van der Waals surface area contributed by atoms with Crippen molar-refractivity contribution in [1.82, 2.24) is 10.1 Å². The van der Waals surface area contributed by atoms with Crippen LogP contribution in [-0.4, -0.2) is 34.4 Å². The predicted octanol–water partition coefficient (Wildman–Crippen LogP) is 8.10. The molecule has 1 fully saturated rings. The van der Waals surface area contributed by atoms with E-state index in [-0.39, 0.29) is 30.8 Å². The van der Waals surface area contributed by atoms with Crippen LogP contribution in [0.2, 0.25) is 0 Å². The van der Waals surface area contributed by atoms with Gasteiger partial charge in [-0.25, -0.2) is 8.78 Å². The Morgan fingerprint density at radius 3 is 2.32 bits per heavy atom. The second kappa shape index (κ2) is 12.9. The van der Waals surface area contributed by atoms with Gasteiger partial charge in [-0.05, 0) is 89.3 Å². The predicted molar refractivity (Wildman–Crippen MR) is 153 cm³/mol. The Morgan fingerprint density at radius 2 is 1.73 bits per heavy atom. The lowest BCUT2D eigenvalue weighted by Crippen LogP contribution is -2.46. The van der Waals surface area contributed by atoms with Crippen molar-refractivity contribution in [1.29, 1.82) is 5.26 Å². The highest BCUT2D eigenvalue weighted by atomic mass is 19.4. The van der Waals surface area contributed by atoms with E-state index in [4.69, 9.17) is 9.26 Å². The molecule has 0 saturated heterocycles. The number of halogens is 5. The number of carbonyl (C=O) groups excluding carboxylic acids is 1. The number of aromatic nitrogens is 2. The third-order valence-electron chi connectivity index (χ3n) is 7.54. The smallest absolute Gasteiger partial charge is 0.391 e. The third kappa shape index (κ3) is 8.12. The number of aryl methyl sites for hydroxylation is 1. The number of rotatable bonds is 12. The van der Waals surface area contributed by atoms with Gasteiger partial charge in [-0.2, -0.15) is 23.4 Å². The molecule has 1 saturated carbocycles. The molecule has 1 aliphatic rings. The Morgan fingerprint density at radius 1 is 1.05 bits per heavy atom. The van der Waals surface area contributed by atoms with Crippen LogP contribution in [-0.2, 0) is 16.9 Å². The normalized spacial score (nSPS) is 17.1. The number of anilines is 1. The Labute approximate surface area is 253 Å². The highest BCUT2D eigenvalue weighted by molar-refractivity contribution is 5.96. The average Bonchev–Trinajstić information content (AvgIpc) is 3.40. The van der Waals surface area contributed by atoms with Crippen LogP contribution in [0.1, 0.15) is 71.5 Å². The first kappa shape index (κ1) is 32.9. The molecule has 2 aromatic carbocycles. The molecule has 0 bridgehead atoms. The van der Waals surface area contributed by atoms with Gasteiger partial charge >= 0.3 is 6.18 Å². The molecule has 4 rings (SSSR count). The molecule has 0 unspecified atom stereocenters. The van der Waals surface area contributed by atoms with E-state index in [1.54, 1.807) is 38.1 Å². The van der Waals surface area contributed by atoms with Crippen molar-refractivity contribution >= 4 is 11.6 Å². The van der Waals surface area contributed by atoms with Crippen LogP contribution < -0.4 is 9.64 Å². The molecule has 0 radical (unpaired) electrons. The minimum atomic E-state index is -4.35. The number of hydrogen-bond acceptors (Lipinski definition) is 6. The van der Waals surface area contributed by atoms with Crippen LogP contribution in [0.25, 0.3) is 11.1 Å². The number of carbonyl (C=O) groups is 1. The molecule has 1 amide bonds. The van der Waals surface area contributed by atoms with Crippen molar-refractivity contribution in [2.45, 2.75) is 83.7 Å². The molecule has 7 nitrogen and oxygen atoms in total. The van der Waals surface area contributed by atoms with E-state index in [0.717, 1.165) is 0 Å². The standard InChI is InChI=1S/C32H35F5N4O3/c1-30(2,19-38)43-24-12-9-20(10-13-24)25-18-23(11-14-26(25)33)41(28(42)21-16-22(17-21)32(35,36)37)15-7-5-6-8-27-39-29(44-40-27)31(3,4)34/h9-14,18,21-22H,5-8,15-17H2,1-4H3. The number of amides is 1. The first-order valence-corrected chi connectivity index (χ1v) is 14.5. The van der Waals surface area contributed by atoms with Crippen LogP contribution in [0, 0.1) is 29.0 Å². The van der Waals surface area contributed by atoms with Crippen LogP contribution in [0.4, 0.5) is 27.6 Å². The molecular formula is C32H35F5N4O3. The number of ether oxygens (including phenoxy) is 1. The fraction of sp³-hybridized carbons (Fsp3) is 0.500. The first-order valence-electron chi connectivity index (χ1n) is 14.5. The van der Waals surface area contributed by atoms with Crippen molar-refractivity contribution in [2.24, 2.45) is 11.8 Å². The van der Waals surface area contributed by atoms with Gasteiger partial charge in [-0.15, -0.1) is 0 Å². The van der Waals surface area contributed by atoms with E-state index >= 15 is 4.39 Å². The molecule has 44 heavy (non-hydrogen) atoms. The molecule has 0 N–H and O–H groups in total. The summed E-state index contributed by atoms with van der Waals surface area (Å²) < 4.78 is 79.1. The summed E-state index contributed by atoms with van der Waals surface area (Å²) in [5, 5.41) is 13.0. The average molecular weight is 619 g/mol. The number of alkyl halides is 4. The fourth-order valence-corrected chi connectivity index (χ4v) is 4.92. The number of unbranched alkanes of at least 4 members (excludes halogenated alkanes) is 2. The lowest BCUT2D eigenvalue weighted by molar-refractivity contribution is -0.204. The van der Waals surface area contributed by atoms with Gasteiger partial charge in [0.2, 0.25) is 5.91 Å². The van der Waals surface area contributed by atoms with Gasteiger partial charge in [0.15, 0.2) is 17.1 Å². The zero-order valence-electron chi connectivity index (χ0n) is 25.0. The van der Waals surface area contributed by atoms with Crippen molar-refractivity contribution < 1.29 is 36.0 Å². The topological polar surface area (TPSA) is 92.2 Å². The highest BCUT2D eigenvalue weighted by Gasteiger charge is 2.50. The first-order chi connectivity index (χ1) is 20.6. The molecular weight excluding hydrogens is 583 g/mol. The summed E-state index contributed by atoms with van der Waals surface area (Å²) in [5.41, 5.74) is -1.73. The summed E-state index contributed by atoms with van der Waals surface area (Å²) in [4.78, 5) is 19.0. The maximum absolute atomic E-state index is 15.0. The van der Waals surface area contributed by atoms with Gasteiger partial charge in [0, 0.05) is 30.1 Å². The van der Waals surface area contributed by atoms with Crippen molar-refractivity contribution in [3.05, 3.63) is 60.0 Å². The van der Waals surface area contributed by atoms with E-state index in [1.165, 1.54) is 36.9 Å². The van der Waals surface area contributed by atoms with Gasteiger partial charge in [-0.3, -0.25) is 4.79 Å². The van der Waals surface area contributed by atoms with Crippen LogP contribution >= 0.6 is 0 Å². The number of hydrogen-bond donors (Lipinski definition) is 0. The van der Waals surface area contributed by atoms with Crippen molar-refractivity contribution in [2.75, 3.05) is 11.4 Å². The SMILES string of the molecule is CC(C)(C#N)Oc1ccc(-c2cc(N(CCCCCc3noc(C(C)(C)F)n3)C(=O)C3CC(C(F)(F)F)C3)ccc2F)cc1. The van der Waals surface area contributed by atoms with E-state index in [0.29, 0.717) is 48.5 Å². The summed E-state index contributed by atoms with van der Waals surface area (Å²) in [6.07, 6.45) is -2.74. The molecule has 236 valence electrons. The molecule has 12 heteroatoms. The largest absolute Gasteiger partial charge is 0.473 e. The van der Waals surface area contributed by atoms with Gasteiger partial charge in [0.05, 0.1) is 5.92 Å². The second-order valence-electron chi connectivity index (χ2n) is 12.1. The minimum Gasteiger partial charge on any atom is -0.473 e. The van der Waals surface area contributed by atoms with Gasteiger partial charge < -0.3 is 14.2 Å². The zero-order chi connectivity index (χ0) is 32.3. The summed E-state index contributed by atoms with van der Waals surface area (Å²) >= 11 is 0. The number of nitrogens with zero attached hydrogens (tertiary/aromatic N) is 4. The second-order valence-corrected chi connectivity index (χ2v) is 12.1. The van der Waals surface area contributed by atoms with Gasteiger partial charge in [0.1, 0.15) is 17.6 Å². The molecule has 3 aromatic rings. The minimum absolute atomic E-state index is 0.109. The molecule has 1 heterocycles. The summed E-state index contributed by atoms with van der Waals surface area (Å²) in [6, 6.07) is 12.7.